The maximum absolute atomic E-state index is 11.0. The lowest BCUT2D eigenvalue weighted by Gasteiger charge is -2.34. The number of nitrogens with zero attached hydrogens (tertiary/aromatic N) is 1. The molecule has 1 unspecified atom stereocenters. The Hall–Kier alpha value is -0.810. The normalized spacial score (nSPS) is 36.1. The predicted molar refractivity (Wildman–Crippen MR) is 50.1 cm³/mol. The van der Waals surface area contributed by atoms with E-state index in [4.69, 9.17) is 10.2 Å². The van der Waals surface area contributed by atoms with Gasteiger partial charge in [0.25, 0.3) is 0 Å². The second kappa shape index (κ2) is 3.74. The Morgan fingerprint density at radius 3 is 2.86 bits per heavy atom. The maximum atomic E-state index is 11.0. The van der Waals surface area contributed by atoms with E-state index < -0.39 is 6.09 Å². The number of aliphatic hydroxyl groups is 1. The molecular weight excluding hydrogens is 184 g/mol. The molecule has 80 valence electrons. The number of hydrogen-bond acceptors (Lipinski definition) is 3. The van der Waals surface area contributed by atoms with Crippen LogP contribution >= 0.6 is 0 Å². The van der Waals surface area contributed by atoms with Crippen LogP contribution in [0, 0.1) is 5.92 Å². The Kier molecular flexibility index (Phi) is 2.60. The van der Waals surface area contributed by atoms with Crippen LogP contribution in [0.4, 0.5) is 4.79 Å². The van der Waals surface area contributed by atoms with Crippen molar-refractivity contribution in [2.75, 3.05) is 19.7 Å². The van der Waals surface area contributed by atoms with Gasteiger partial charge in [0.1, 0.15) is 0 Å². The molecule has 0 radical (unpaired) electrons. The second-order valence-electron chi connectivity index (χ2n) is 4.08. The van der Waals surface area contributed by atoms with Crippen LogP contribution in [0.2, 0.25) is 0 Å². The van der Waals surface area contributed by atoms with Crippen molar-refractivity contribution in [3.8, 4) is 0 Å². The van der Waals surface area contributed by atoms with E-state index in [9.17, 15) is 4.79 Å². The van der Waals surface area contributed by atoms with Crippen molar-refractivity contribution in [1.82, 2.24) is 10.2 Å². The van der Waals surface area contributed by atoms with Crippen LogP contribution in [0.25, 0.3) is 0 Å². The molecule has 14 heavy (non-hydrogen) atoms. The van der Waals surface area contributed by atoms with Gasteiger partial charge in [-0.25, -0.2) is 4.79 Å². The summed E-state index contributed by atoms with van der Waals surface area (Å²) in [6.45, 7) is 1.64. The van der Waals surface area contributed by atoms with Crippen LogP contribution in [0.1, 0.15) is 12.8 Å². The summed E-state index contributed by atoms with van der Waals surface area (Å²) < 4.78 is 0. The smallest absolute Gasteiger partial charge is 0.407 e. The van der Waals surface area contributed by atoms with Gasteiger partial charge >= 0.3 is 6.09 Å². The van der Waals surface area contributed by atoms with Crippen molar-refractivity contribution < 1.29 is 15.0 Å². The largest absolute Gasteiger partial charge is 0.465 e. The number of nitrogens with one attached hydrogen (secondary N) is 1. The van der Waals surface area contributed by atoms with Crippen LogP contribution in [0.15, 0.2) is 0 Å². The molecule has 2 heterocycles. The molecule has 1 amide bonds. The van der Waals surface area contributed by atoms with Gasteiger partial charge in [-0.15, -0.1) is 0 Å². The van der Waals surface area contributed by atoms with E-state index in [1.807, 2.05) is 0 Å². The molecular formula is C9H16N2O3. The first-order valence-electron chi connectivity index (χ1n) is 5.07. The van der Waals surface area contributed by atoms with Gasteiger partial charge < -0.3 is 15.5 Å². The highest BCUT2D eigenvalue weighted by Gasteiger charge is 2.45. The van der Waals surface area contributed by atoms with E-state index in [0.717, 1.165) is 19.5 Å². The van der Waals surface area contributed by atoms with Gasteiger partial charge in [-0.05, 0) is 18.8 Å². The Labute approximate surface area is 82.7 Å². The fourth-order valence-electron chi connectivity index (χ4n) is 2.74. The number of amides is 1. The minimum absolute atomic E-state index is 0.0680. The molecule has 0 aromatic carbocycles. The van der Waals surface area contributed by atoms with Crippen molar-refractivity contribution in [1.29, 1.82) is 0 Å². The SMILES string of the molecule is O=C(O)N1[C@H]2CNC[C@@H]1C(CCO)C2. The topological polar surface area (TPSA) is 72.8 Å². The molecule has 0 aromatic heterocycles. The molecule has 0 aliphatic carbocycles. The summed E-state index contributed by atoms with van der Waals surface area (Å²) in [5, 5.41) is 21.2. The molecule has 0 saturated carbocycles. The third kappa shape index (κ3) is 1.46. The zero-order chi connectivity index (χ0) is 10.1. The Bertz CT molecular complexity index is 234. The van der Waals surface area contributed by atoms with Gasteiger partial charge in [-0.1, -0.05) is 0 Å². The number of hydrogen-bond donors (Lipinski definition) is 3. The summed E-state index contributed by atoms with van der Waals surface area (Å²) in [5.74, 6) is 0.330. The number of piperazine rings is 1. The van der Waals surface area contributed by atoms with Gasteiger partial charge in [0.15, 0.2) is 0 Å². The van der Waals surface area contributed by atoms with Gasteiger partial charge in [-0.2, -0.15) is 0 Å². The van der Waals surface area contributed by atoms with Gasteiger partial charge in [0.2, 0.25) is 0 Å². The molecule has 2 aliphatic heterocycles. The average Bonchev–Trinajstić information content (AvgIpc) is 2.36. The number of carboxylic acid groups (broad SMARTS) is 1. The van der Waals surface area contributed by atoms with Crippen molar-refractivity contribution in [2.24, 2.45) is 5.92 Å². The fraction of sp³-hybridized carbons (Fsp3) is 0.889. The maximum Gasteiger partial charge on any atom is 0.407 e. The van der Waals surface area contributed by atoms with E-state index in [1.54, 1.807) is 4.90 Å². The lowest BCUT2D eigenvalue weighted by molar-refractivity contribution is 0.101. The zero-order valence-corrected chi connectivity index (χ0v) is 8.02. The molecule has 0 spiro atoms. The first-order chi connectivity index (χ1) is 6.74. The van der Waals surface area contributed by atoms with Crippen molar-refractivity contribution in [3.63, 3.8) is 0 Å². The number of rotatable bonds is 2. The second-order valence-corrected chi connectivity index (χ2v) is 4.08. The minimum Gasteiger partial charge on any atom is -0.465 e. The third-order valence-corrected chi connectivity index (χ3v) is 3.32. The van der Waals surface area contributed by atoms with Crippen LogP contribution in [-0.2, 0) is 0 Å². The average molecular weight is 200 g/mol. The molecule has 3 N–H and O–H groups in total. The molecule has 5 heteroatoms. The molecule has 5 nitrogen and oxygen atoms in total. The molecule has 2 aliphatic rings. The summed E-state index contributed by atoms with van der Waals surface area (Å²) in [6.07, 6.45) is 0.791. The summed E-state index contributed by atoms with van der Waals surface area (Å²) >= 11 is 0. The molecule has 2 bridgehead atoms. The number of carbonyl (C=O) groups is 1. The zero-order valence-electron chi connectivity index (χ0n) is 8.02. The van der Waals surface area contributed by atoms with Gasteiger partial charge in [-0.3, -0.25) is 4.90 Å². The standard InChI is InChI=1S/C9H16N2O3/c12-2-1-6-3-7-4-10-5-8(6)11(7)9(13)14/h6-8,10,12H,1-5H2,(H,13,14)/t6?,7-,8-/m1/s1. The molecule has 2 rings (SSSR count). The van der Waals surface area contributed by atoms with Crippen molar-refractivity contribution in [3.05, 3.63) is 0 Å². The third-order valence-electron chi connectivity index (χ3n) is 3.32. The van der Waals surface area contributed by atoms with Crippen LogP contribution < -0.4 is 5.32 Å². The highest BCUT2D eigenvalue weighted by Crippen LogP contribution is 2.33. The summed E-state index contributed by atoms with van der Waals surface area (Å²) in [7, 11) is 0. The van der Waals surface area contributed by atoms with E-state index in [0.29, 0.717) is 12.3 Å². The lowest BCUT2D eigenvalue weighted by atomic mass is 9.97. The molecule has 3 atom stereocenters. The quantitative estimate of drug-likeness (QED) is 0.572. The highest BCUT2D eigenvalue weighted by atomic mass is 16.4. The highest BCUT2D eigenvalue weighted by molar-refractivity contribution is 5.66. The van der Waals surface area contributed by atoms with Gasteiger partial charge in [0, 0.05) is 25.7 Å². The Morgan fingerprint density at radius 2 is 2.29 bits per heavy atom. The summed E-state index contributed by atoms with van der Waals surface area (Å²) in [5.41, 5.74) is 0. The molecule has 0 aromatic rings. The van der Waals surface area contributed by atoms with E-state index in [1.165, 1.54) is 0 Å². The number of fused-ring (bicyclic) bond motifs is 2. The Morgan fingerprint density at radius 1 is 1.50 bits per heavy atom. The van der Waals surface area contributed by atoms with E-state index in [2.05, 4.69) is 5.32 Å². The van der Waals surface area contributed by atoms with Crippen molar-refractivity contribution >= 4 is 6.09 Å². The van der Waals surface area contributed by atoms with Crippen LogP contribution in [-0.4, -0.2) is 53.0 Å². The first kappa shape index (κ1) is 9.73. The minimum atomic E-state index is -0.818. The molecule has 2 saturated heterocycles. The predicted octanol–water partition coefficient (Wildman–Crippen LogP) is -0.291. The van der Waals surface area contributed by atoms with Crippen LogP contribution in [0.3, 0.4) is 0 Å². The number of aliphatic hydroxyl groups excluding tert-OH is 1. The van der Waals surface area contributed by atoms with E-state index >= 15 is 0 Å². The van der Waals surface area contributed by atoms with Crippen molar-refractivity contribution in [2.45, 2.75) is 24.9 Å². The first-order valence-corrected chi connectivity index (χ1v) is 5.07. The molecule has 2 fully saturated rings. The van der Waals surface area contributed by atoms with Gasteiger partial charge in [0.05, 0.1) is 6.04 Å². The lowest BCUT2D eigenvalue weighted by Crippen LogP contribution is -2.54. The van der Waals surface area contributed by atoms with E-state index in [-0.39, 0.29) is 18.7 Å². The summed E-state index contributed by atoms with van der Waals surface area (Å²) in [4.78, 5) is 12.6. The fourth-order valence-corrected chi connectivity index (χ4v) is 2.74. The van der Waals surface area contributed by atoms with Crippen LogP contribution in [0.5, 0.6) is 0 Å². The monoisotopic (exact) mass is 200 g/mol. The summed E-state index contributed by atoms with van der Waals surface area (Å²) in [6, 6.07) is 0.182. The Balaban J connectivity index is 2.10.